The van der Waals surface area contributed by atoms with Gasteiger partial charge in [-0.2, -0.15) is 9.57 Å². The molecule has 0 radical (unpaired) electrons. The summed E-state index contributed by atoms with van der Waals surface area (Å²) in [6, 6.07) is 13.7. The highest BCUT2D eigenvalue weighted by atomic mass is 35.5. The standard InChI is InChI=1S/C24H22Cl2N6O3S/c1-24(13-16-2-4-17(14-27)5-3-16)22(33)31(20-11-18(25)10-19(26)12-20)23-29-15-21(32(23)24)36(34,35)30-8-6-28-7-9-30/h2-5,10-12,15,28H,6-9,13H2,1H3. The molecule has 9 nitrogen and oxygen atoms in total. The number of anilines is 2. The third kappa shape index (κ3) is 4.07. The van der Waals surface area contributed by atoms with Crippen LogP contribution in [-0.4, -0.2) is 54.4 Å². The van der Waals surface area contributed by atoms with Gasteiger partial charge in [0.05, 0.1) is 23.5 Å². The maximum absolute atomic E-state index is 14.1. The van der Waals surface area contributed by atoms with Gasteiger partial charge < -0.3 is 5.32 Å². The van der Waals surface area contributed by atoms with Crippen molar-refractivity contribution in [1.29, 1.82) is 5.26 Å². The van der Waals surface area contributed by atoms with Crippen molar-refractivity contribution in [2.45, 2.75) is 23.9 Å². The number of benzene rings is 2. The molecule has 2 aliphatic rings. The molecule has 3 heterocycles. The van der Waals surface area contributed by atoms with Crippen LogP contribution < -0.4 is 10.2 Å². The van der Waals surface area contributed by atoms with Gasteiger partial charge in [0.25, 0.3) is 15.9 Å². The maximum atomic E-state index is 14.1. The van der Waals surface area contributed by atoms with Crippen LogP contribution in [0.5, 0.6) is 0 Å². The summed E-state index contributed by atoms with van der Waals surface area (Å²) in [6.45, 7) is 3.40. The second kappa shape index (κ2) is 9.18. The number of sulfonamides is 1. The minimum absolute atomic E-state index is 0.0560. The summed E-state index contributed by atoms with van der Waals surface area (Å²) in [7, 11) is -3.94. The predicted molar refractivity (Wildman–Crippen MR) is 136 cm³/mol. The van der Waals surface area contributed by atoms with Crippen molar-refractivity contribution in [2.24, 2.45) is 0 Å². The topological polar surface area (TPSA) is 111 Å². The number of halogens is 2. The molecule has 1 fully saturated rings. The Bertz CT molecular complexity index is 1470. The Balaban J connectivity index is 1.67. The molecule has 2 aromatic carbocycles. The Hall–Kier alpha value is -2.94. The summed E-state index contributed by atoms with van der Waals surface area (Å²) < 4.78 is 30.3. The number of aromatic nitrogens is 2. The predicted octanol–water partition coefficient (Wildman–Crippen LogP) is 3.29. The van der Waals surface area contributed by atoms with E-state index in [2.05, 4.69) is 16.4 Å². The zero-order valence-electron chi connectivity index (χ0n) is 19.3. The molecule has 1 N–H and O–H groups in total. The molecule has 3 aromatic rings. The smallest absolute Gasteiger partial charge is 0.260 e. The number of hydrogen-bond acceptors (Lipinski definition) is 6. The van der Waals surface area contributed by atoms with Crippen molar-refractivity contribution in [2.75, 3.05) is 31.1 Å². The quantitative estimate of drug-likeness (QED) is 0.527. The van der Waals surface area contributed by atoms with Gasteiger partial charge in [-0.25, -0.2) is 18.3 Å². The molecule has 36 heavy (non-hydrogen) atoms. The molecule has 1 unspecified atom stereocenters. The molecule has 2 aliphatic heterocycles. The van der Waals surface area contributed by atoms with Gasteiger partial charge >= 0.3 is 0 Å². The fourth-order valence-electron chi connectivity index (χ4n) is 4.73. The Morgan fingerprint density at radius 2 is 1.75 bits per heavy atom. The van der Waals surface area contributed by atoms with Gasteiger partial charge in [0, 0.05) is 42.6 Å². The van der Waals surface area contributed by atoms with Crippen LogP contribution in [-0.2, 0) is 26.8 Å². The average Bonchev–Trinajstić information content (AvgIpc) is 3.38. The first-order valence-electron chi connectivity index (χ1n) is 11.2. The summed E-state index contributed by atoms with van der Waals surface area (Å²) in [6.07, 6.45) is 1.48. The first-order chi connectivity index (χ1) is 17.1. The van der Waals surface area contributed by atoms with Gasteiger partial charge in [0.1, 0.15) is 5.54 Å². The van der Waals surface area contributed by atoms with Crippen molar-refractivity contribution in [3.05, 3.63) is 69.8 Å². The largest absolute Gasteiger partial charge is 0.314 e. The zero-order valence-corrected chi connectivity index (χ0v) is 21.6. The Kier molecular flexibility index (Phi) is 6.31. The highest BCUT2D eigenvalue weighted by Gasteiger charge is 2.52. The van der Waals surface area contributed by atoms with Crippen molar-refractivity contribution in [3.8, 4) is 6.07 Å². The SMILES string of the molecule is CC1(Cc2ccc(C#N)cc2)C(=O)N(c2cc(Cl)cc(Cl)c2)c2ncc(S(=O)(=O)N3CCNCC3)n21. The van der Waals surface area contributed by atoms with Crippen molar-refractivity contribution >= 4 is 50.8 Å². The molecule has 1 saturated heterocycles. The number of fused-ring (bicyclic) bond motifs is 1. The molecule has 0 aliphatic carbocycles. The lowest BCUT2D eigenvalue weighted by atomic mass is 9.91. The second-order valence-corrected chi connectivity index (χ2v) is 11.7. The number of carbonyl (C=O) groups excluding carboxylic acids is 1. The van der Waals surface area contributed by atoms with Crippen LogP contribution in [0.15, 0.2) is 53.7 Å². The van der Waals surface area contributed by atoms with E-state index in [9.17, 15) is 13.2 Å². The lowest BCUT2D eigenvalue weighted by Gasteiger charge is -2.30. The van der Waals surface area contributed by atoms with Gasteiger partial charge in [-0.15, -0.1) is 0 Å². The van der Waals surface area contributed by atoms with Gasteiger partial charge in [-0.1, -0.05) is 35.3 Å². The lowest BCUT2D eigenvalue weighted by Crippen LogP contribution is -2.48. The van der Waals surface area contributed by atoms with Crippen molar-refractivity contribution < 1.29 is 13.2 Å². The fraction of sp³-hybridized carbons (Fsp3) is 0.292. The van der Waals surface area contributed by atoms with Crippen LogP contribution in [0.2, 0.25) is 10.0 Å². The van der Waals surface area contributed by atoms with Gasteiger partial charge in [-0.3, -0.25) is 9.36 Å². The van der Waals surface area contributed by atoms with Crippen LogP contribution in [0, 0.1) is 11.3 Å². The molecular weight excluding hydrogens is 523 g/mol. The number of nitriles is 1. The highest BCUT2D eigenvalue weighted by Crippen LogP contribution is 2.44. The molecule has 1 aromatic heterocycles. The molecule has 0 saturated carbocycles. The monoisotopic (exact) mass is 544 g/mol. The number of amides is 1. The first-order valence-corrected chi connectivity index (χ1v) is 13.4. The summed E-state index contributed by atoms with van der Waals surface area (Å²) in [4.78, 5) is 19.8. The first kappa shape index (κ1) is 24.7. The van der Waals surface area contributed by atoms with E-state index in [1.165, 1.54) is 20.0 Å². The van der Waals surface area contributed by atoms with E-state index in [1.54, 1.807) is 49.4 Å². The third-order valence-electron chi connectivity index (χ3n) is 6.49. The number of carbonyl (C=O) groups is 1. The molecule has 1 atom stereocenters. The molecule has 186 valence electrons. The van der Waals surface area contributed by atoms with Gasteiger partial charge in [-0.05, 0) is 42.8 Å². The Labute approximate surface area is 218 Å². The summed E-state index contributed by atoms with van der Waals surface area (Å²) in [5, 5.41) is 12.9. The van der Waals surface area contributed by atoms with E-state index < -0.39 is 15.6 Å². The van der Waals surface area contributed by atoms with Crippen LogP contribution in [0.25, 0.3) is 0 Å². The Morgan fingerprint density at radius 3 is 2.36 bits per heavy atom. The molecule has 5 rings (SSSR count). The van der Waals surface area contributed by atoms with Crippen LogP contribution in [0.4, 0.5) is 11.6 Å². The number of piperazine rings is 1. The minimum atomic E-state index is -3.94. The van der Waals surface area contributed by atoms with E-state index in [0.717, 1.165) is 5.56 Å². The average molecular weight is 545 g/mol. The van der Waals surface area contributed by atoms with Gasteiger partial charge in [0.2, 0.25) is 5.95 Å². The second-order valence-electron chi connectivity index (χ2n) is 8.91. The zero-order chi connectivity index (χ0) is 25.7. The van der Waals surface area contributed by atoms with E-state index in [-0.39, 0.29) is 23.3 Å². The number of nitrogens with one attached hydrogen (secondary N) is 1. The highest BCUT2D eigenvalue weighted by molar-refractivity contribution is 7.89. The molecule has 0 spiro atoms. The third-order valence-corrected chi connectivity index (χ3v) is 8.78. The van der Waals surface area contributed by atoms with Crippen molar-refractivity contribution in [1.82, 2.24) is 19.2 Å². The van der Waals surface area contributed by atoms with Crippen LogP contribution >= 0.6 is 23.2 Å². The minimum Gasteiger partial charge on any atom is -0.314 e. The molecule has 0 bridgehead atoms. The molecule has 1 amide bonds. The van der Waals surface area contributed by atoms with Crippen molar-refractivity contribution in [3.63, 3.8) is 0 Å². The number of rotatable bonds is 5. The molecular formula is C24H22Cl2N6O3S. The lowest BCUT2D eigenvalue weighted by molar-refractivity contribution is -0.124. The van der Waals surface area contributed by atoms with E-state index in [0.29, 0.717) is 47.5 Å². The molecule has 12 heteroatoms. The summed E-state index contributed by atoms with van der Waals surface area (Å²) in [5.74, 6) is -0.201. The maximum Gasteiger partial charge on any atom is 0.260 e. The summed E-state index contributed by atoms with van der Waals surface area (Å²) in [5.41, 5.74) is 0.313. The normalized spacial score (nSPS) is 20.4. The number of nitrogens with zero attached hydrogens (tertiary/aromatic N) is 5. The van der Waals surface area contributed by atoms with E-state index in [1.807, 2.05) is 0 Å². The number of imidazole rings is 1. The Morgan fingerprint density at radius 1 is 1.11 bits per heavy atom. The van der Waals surface area contributed by atoms with E-state index >= 15 is 0 Å². The van der Waals surface area contributed by atoms with Gasteiger partial charge in [0.15, 0.2) is 5.03 Å². The fourth-order valence-corrected chi connectivity index (χ4v) is 6.87. The van der Waals surface area contributed by atoms with Crippen LogP contribution in [0.3, 0.4) is 0 Å². The number of hydrogen-bond donors (Lipinski definition) is 1. The summed E-state index contributed by atoms with van der Waals surface area (Å²) >= 11 is 12.5. The van der Waals surface area contributed by atoms with Crippen LogP contribution in [0.1, 0.15) is 18.1 Å². The van der Waals surface area contributed by atoms with E-state index in [4.69, 9.17) is 28.5 Å².